The van der Waals surface area contributed by atoms with Gasteiger partial charge in [0, 0.05) is 16.7 Å². The fourth-order valence-corrected chi connectivity index (χ4v) is 2.40. The molecule has 0 saturated heterocycles. The number of nitro groups is 1. The van der Waals surface area contributed by atoms with Gasteiger partial charge in [-0.25, -0.2) is 0 Å². The van der Waals surface area contributed by atoms with Crippen LogP contribution in [0.25, 0.3) is 0 Å². The fraction of sp³-hybridized carbons (Fsp3) is 0.250. The van der Waals surface area contributed by atoms with Crippen LogP contribution in [0.2, 0.25) is 0 Å². The quantitative estimate of drug-likeness (QED) is 0.515. The fourth-order valence-electron chi connectivity index (χ4n) is 1.33. The Balaban J connectivity index is 2.55. The molecule has 0 unspecified atom stereocenters. The van der Waals surface area contributed by atoms with Crippen molar-refractivity contribution in [2.75, 3.05) is 5.75 Å². The predicted molar refractivity (Wildman–Crippen MR) is 47.5 cm³/mol. The van der Waals surface area contributed by atoms with Crippen LogP contribution in [-0.2, 0) is 6.42 Å². The first-order valence-corrected chi connectivity index (χ1v) is 4.76. The lowest BCUT2D eigenvalue weighted by atomic mass is 10.1. The zero-order valence-electron chi connectivity index (χ0n) is 6.62. The van der Waals surface area contributed by atoms with E-state index in [0.29, 0.717) is 0 Å². The van der Waals surface area contributed by atoms with Crippen LogP contribution in [0.1, 0.15) is 5.56 Å². The van der Waals surface area contributed by atoms with Gasteiger partial charge in [-0.15, -0.1) is 11.8 Å². The molecule has 0 amide bonds. The number of thioether (sulfide) groups is 1. The van der Waals surface area contributed by atoms with Crippen LogP contribution in [0.15, 0.2) is 17.0 Å². The topological polar surface area (TPSA) is 43.1 Å². The van der Waals surface area contributed by atoms with Crippen LogP contribution < -0.4 is 0 Å². The molecule has 13 heavy (non-hydrogen) atoms. The summed E-state index contributed by atoms with van der Waals surface area (Å²) in [6.45, 7) is 0. The van der Waals surface area contributed by atoms with E-state index in [4.69, 9.17) is 0 Å². The summed E-state index contributed by atoms with van der Waals surface area (Å²) >= 11 is 1.54. The Labute approximate surface area is 78.1 Å². The summed E-state index contributed by atoms with van der Waals surface area (Å²) in [7, 11) is 0. The SMILES string of the molecule is O=[N+]([O-])c1cc2c(cc1F)SCC2. The Morgan fingerprint density at radius 2 is 2.31 bits per heavy atom. The van der Waals surface area contributed by atoms with Gasteiger partial charge in [-0.3, -0.25) is 10.1 Å². The third-order valence-corrected chi connectivity index (χ3v) is 3.05. The van der Waals surface area contributed by atoms with Crippen molar-refractivity contribution in [2.45, 2.75) is 11.3 Å². The Morgan fingerprint density at radius 1 is 1.54 bits per heavy atom. The zero-order chi connectivity index (χ0) is 9.42. The molecule has 0 aliphatic carbocycles. The second-order valence-electron chi connectivity index (χ2n) is 2.77. The molecule has 5 heteroatoms. The number of hydrogen-bond acceptors (Lipinski definition) is 3. The van der Waals surface area contributed by atoms with E-state index in [1.54, 1.807) is 0 Å². The van der Waals surface area contributed by atoms with Gasteiger partial charge in [-0.05, 0) is 18.1 Å². The van der Waals surface area contributed by atoms with Crippen molar-refractivity contribution in [1.82, 2.24) is 0 Å². The van der Waals surface area contributed by atoms with Crippen LogP contribution in [-0.4, -0.2) is 10.7 Å². The molecule has 0 fully saturated rings. The van der Waals surface area contributed by atoms with Gasteiger partial charge in [-0.2, -0.15) is 4.39 Å². The van der Waals surface area contributed by atoms with Crippen LogP contribution in [0.4, 0.5) is 10.1 Å². The van der Waals surface area contributed by atoms with E-state index in [1.165, 1.54) is 23.9 Å². The molecule has 1 aromatic carbocycles. The lowest BCUT2D eigenvalue weighted by Crippen LogP contribution is -1.94. The molecule has 1 heterocycles. The first kappa shape index (κ1) is 8.50. The minimum absolute atomic E-state index is 0.416. The van der Waals surface area contributed by atoms with Crippen molar-refractivity contribution in [3.8, 4) is 0 Å². The number of halogens is 1. The second-order valence-corrected chi connectivity index (χ2v) is 3.90. The summed E-state index contributed by atoms with van der Waals surface area (Å²) in [6.07, 6.45) is 0.793. The maximum atomic E-state index is 13.0. The molecular formula is C8H6FNO2S. The van der Waals surface area contributed by atoms with E-state index in [-0.39, 0.29) is 0 Å². The van der Waals surface area contributed by atoms with Gasteiger partial charge in [0.25, 0.3) is 0 Å². The predicted octanol–water partition coefficient (Wildman–Crippen LogP) is 2.38. The van der Waals surface area contributed by atoms with Gasteiger partial charge in [0.15, 0.2) is 0 Å². The third kappa shape index (κ3) is 1.39. The van der Waals surface area contributed by atoms with Gasteiger partial charge in [0.1, 0.15) is 0 Å². The Kier molecular flexibility index (Phi) is 1.95. The average Bonchev–Trinajstić information content (AvgIpc) is 2.48. The molecule has 1 aromatic rings. The Bertz CT molecular complexity index is 381. The highest BCUT2D eigenvalue weighted by Crippen LogP contribution is 2.35. The van der Waals surface area contributed by atoms with Crippen molar-refractivity contribution in [2.24, 2.45) is 0 Å². The number of hydrogen-bond donors (Lipinski definition) is 0. The second kappa shape index (κ2) is 2.99. The van der Waals surface area contributed by atoms with E-state index < -0.39 is 16.4 Å². The summed E-state index contributed by atoms with van der Waals surface area (Å²) in [6, 6.07) is 2.59. The molecule has 68 valence electrons. The first-order valence-electron chi connectivity index (χ1n) is 3.78. The van der Waals surface area contributed by atoms with Crippen LogP contribution >= 0.6 is 11.8 Å². The number of aryl methyl sites for hydroxylation is 1. The third-order valence-electron chi connectivity index (χ3n) is 1.96. The molecule has 0 saturated carbocycles. The first-order chi connectivity index (χ1) is 6.18. The van der Waals surface area contributed by atoms with Crippen molar-refractivity contribution in [3.63, 3.8) is 0 Å². The molecule has 0 N–H and O–H groups in total. The van der Waals surface area contributed by atoms with Gasteiger partial charge >= 0.3 is 5.69 Å². The highest BCUT2D eigenvalue weighted by molar-refractivity contribution is 7.99. The summed E-state index contributed by atoms with van der Waals surface area (Å²) in [5, 5.41) is 10.4. The number of nitrogens with zero attached hydrogens (tertiary/aromatic N) is 1. The normalized spacial score (nSPS) is 14.2. The number of benzene rings is 1. The van der Waals surface area contributed by atoms with Gasteiger partial charge in [-0.1, -0.05) is 0 Å². The van der Waals surface area contributed by atoms with Crippen LogP contribution in [0.3, 0.4) is 0 Å². The largest absolute Gasteiger partial charge is 0.305 e. The Hall–Kier alpha value is -1.10. The lowest BCUT2D eigenvalue weighted by molar-refractivity contribution is -0.387. The summed E-state index contributed by atoms with van der Waals surface area (Å²) in [5.74, 6) is 0.147. The van der Waals surface area contributed by atoms with E-state index in [9.17, 15) is 14.5 Å². The number of rotatable bonds is 1. The van der Waals surface area contributed by atoms with E-state index in [0.717, 1.165) is 22.6 Å². The standard InChI is InChI=1S/C8H6FNO2S/c9-6-4-8-5(1-2-13-8)3-7(6)10(11)12/h3-4H,1-2H2. The maximum absolute atomic E-state index is 13.0. The van der Waals surface area contributed by atoms with Gasteiger partial charge in [0.2, 0.25) is 5.82 Å². The van der Waals surface area contributed by atoms with Crippen molar-refractivity contribution in [1.29, 1.82) is 0 Å². The highest BCUT2D eigenvalue weighted by Gasteiger charge is 2.21. The Morgan fingerprint density at radius 3 is 3.00 bits per heavy atom. The van der Waals surface area contributed by atoms with E-state index >= 15 is 0 Å². The van der Waals surface area contributed by atoms with E-state index in [2.05, 4.69) is 0 Å². The average molecular weight is 199 g/mol. The monoisotopic (exact) mass is 199 g/mol. The maximum Gasteiger partial charge on any atom is 0.305 e. The smallest absolute Gasteiger partial charge is 0.258 e. The number of nitro benzene ring substituents is 1. The minimum atomic E-state index is -0.738. The van der Waals surface area contributed by atoms with Crippen molar-refractivity contribution in [3.05, 3.63) is 33.6 Å². The molecular weight excluding hydrogens is 193 g/mol. The molecule has 0 bridgehead atoms. The minimum Gasteiger partial charge on any atom is -0.258 e. The van der Waals surface area contributed by atoms with Crippen molar-refractivity contribution < 1.29 is 9.31 Å². The molecule has 3 nitrogen and oxygen atoms in total. The van der Waals surface area contributed by atoms with Gasteiger partial charge < -0.3 is 0 Å². The molecule has 1 aliphatic rings. The van der Waals surface area contributed by atoms with E-state index in [1.807, 2.05) is 0 Å². The number of fused-ring (bicyclic) bond motifs is 1. The summed E-state index contributed by atoms with van der Waals surface area (Å²) in [4.78, 5) is 10.5. The molecule has 0 aromatic heterocycles. The van der Waals surface area contributed by atoms with Crippen molar-refractivity contribution >= 4 is 17.4 Å². The zero-order valence-corrected chi connectivity index (χ0v) is 7.44. The summed E-state index contributed by atoms with van der Waals surface area (Å²) in [5.41, 5.74) is 0.472. The summed E-state index contributed by atoms with van der Waals surface area (Å²) < 4.78 is 13.0. The highest BCUT2D eigenvalue weighted by atomic mass is 32.2. The molecule has 0 atom stereocenters. The van der Waals surface area contributed by atoms with Crippen LogP contribution in [0, 0.1) is 15.9 Å². The van der Waals surface area contributed by atoms with Crippen LogP contribution in [0.5, 0.6) is 0 Å². The molecule has 0 spiro atoms. The molecule has 2 rings (SSSR count). The molecule has 0 radical (unpaired) electrons. The molecule has 1 aliphatic heterocycles. The van der Waals surface area contributed by atoms with Gasteiger partial charge in [0.05, 0.1) is 4.92 Å². The lowest BCUT2D eigenvalue weighted by Gasteiger charge is -1.98.